The molecule has 2 rings (SSSR count). The van der Waals surface area contributed by atoms with Crippen molar-refractivity contribution < 1.29 is 9.53 Å². The SMILES string of the molecule is O=C(CCl)Nc1cccc2c1CCO2. The maximum atomic E-state index is 11.1. The van der Waals surface area contributed by atoms with Crippen LogP contribution < -0.4 is 10.1 Å². The van der Waals surface area contributed by atoms with Gasteiger partial charge in [0.25, 0.3) is 0 Å². The standard InChI is InChI=1S/C10H10ClNO2/c11-6-10(13)12-8-2-1-3-9-7(8)4-5-14-9/h1-3H,4-6H2,(H,12,13). The lowest BCUT2D eigenvalue weighted by molar-refractivity contribution is -0.113. The Morgan fingerprint density at radius 1 is 1.57 bits per heavy atom. The molecule has 0 aliphatic carbocycles. The molecule has 4 heteroatoms. The van der Waals surface area contributed by atoms with Crippen LogP contribution in [0.4, 0.5) is 5.69 Å². The number of benzene rings is 1. The minimum Gasteiger partial charge on any atom is -0.493 e. The highest BCUT2D eigenvalue weighted by Crippen LogP contribution is 2.31. The maximum Gasteiger partial charge on any atom is 0.239 e. The van der Waals surface area contributed by atoms with Crippen molar-refractivity contribution in [1.82, 2.24) is 0 Å². The van der Waals surface area contributed by atoms with Crippen LogP contribution in [0.3, 0.4) is 0 Å². The van der Waals surface area contributed by atoms with Gasteiger partial charge in [0, 0.05) is 17.7 Å². The van der Waals surface area contributed by atoms with E-state index in [1.807, 2.05) is 18.2 Å². The number of halogens is 1. The van der Waals surface area contributed by atoms with E-state index < -0.39 is 0 Å². The normalized spacial score (nSPS) is 13.2. The fraction of sp³-hybridized carbons (Fsp3) is 0.300. The average molecular weight is 212 g/mol. The Labute approximate surface area is 87.0 Å². The second kappa shape index (κ2) is 3.88. The summed E-state index contributed by atoms with van der Waals surface area (Å²) in [6.07, 6.45) is 0.841. The lowest BCUT2D eigenvalue weighted by atomic mass is 10.1. The molecule has 1 aromatic rings. The van der Waals surface area contributed by atoms with Gasteiger partial charge >= 0.3 is 0 Å². The topological polar surface area (TPSA) is 38.3 Å². The van der Waals surface area contributed by atoms with Gasteiger partial charge in [-0.2, -0.15) is 0 Å². The zero-order valence-electron chi connectivity index (χ0n) is 7.55. The monoisotopic (exact) mass is 211 g/mol. The number of ether oxygens (including phenoxy) is 1. The second-order valence-electron chi connectivity index (χ2n) is 3.06. The fourth-order valence-corrected chi connectivity index (χ4v) is 1.59. The van der Waals surface area contributed by atoms with Crippen LogP contribution in [0.25, 0.3) is 0 Å². The third-order valence-electron chi connectivity index (χ3n) is 2.14. The van der Waals surface area contributed by atoms with Crippen LogP contribution in [0.15, 0.2) is 18.2 Å². The van der Waals surface area contributed by atoms with Crippen molar-refractivity contribution in [2.75, 3.05) is 17.8 Å². The summed E-state index contributed by atoms with van der Waals surface area (Å²) in [5.74, 6) is 0.647. The van der Waals surface area contributed by atoms with E-state index in [-0.39, 0.29) is 11.8 Å². The Bertz CT molecular complexity index is 365. The average Bonchev–Trinajstić information content (AvgIpc) is 2.66. The zero-order chi connectivity index (χ0) is 9.97. The van der Waals surface area contributed by atoms with Crippen LogP contribution in [-0.2, 0) is 11.2 Å². The first-order valence-electron chi connectivity index (χ1n) is 4.42. The van der Waals surface area contributed by atoms with Gasteiger partial charge in [-0.05, 0) is 12.1 Å². The van der Waals surface area contributed by atoms with Gasteiger partial charge in [-0.15, -0.1) is 11.6 Å². The number of amides is 1. The van der Waals surface area contributed by atoms with Crippen molar-refractivity contribution >= 4 is 23.2 Å². The Hall–Kier alpha value is -1.22. The van der Waals surface area contributed by atoms with Gasteiger partial charge < -0.3 is 10.1 Å². The minimum absolute atomic E-state index is 0.0233. The number of carbonyl (C=O) groups is 1. The largest absolute Gasteiger partial charge is 0.493 e. The molecule has 3 nitrogen and oxygen atoms in total. The fourth-order valence-electron chi connectivity index (χ4n) is 1.52. The molecule has 0 saturated heterocycles. The molecule has 1 aliphatic heterocycles. The molecule has 1 aromatic carbocycles. The van der Waals surface area contributed by atoms with E-state index in [1.165, 1.54) is 0 Å². The van der Waals surface area contributed by atoms with Crippen molar-refractivity contribution in [2.24, 2.45) is 0 Å². The molecule has 0 fully saturated rings. The lowest BCUT2D eigenvalue weighted by Crippen LogP contribution is -2.13. The second-order valence-corrected chi connectivity index (χ2v) is 3.33. The molecule has 0 spiro atoms. The number of alkyl halides is 1. The van der Waals surface area contributed by atoms with Gasteiger partial charge in [-0.1, -0.05) is 6.07 Å². The van der Waals surface area contributed by atoms with E-state index in [2.05, 4.69) is 5.32 Å². The first-order valence-corrected chi connectivity index (χ1v) is 4.95. The molecule has 0 radical (unpaired) electrons. The summed E-state index contributed by atoms with van der Waals surface area (Å²) in [4.78, 5) is 11.1. The Morgan fingerprint density at radius 2 is 2.43 bits per heavy atom. The number of hydrogen-bond acceptors (Lipinski definition) is 2. The maximum absolute atomic E-state index is 11.1. The Balaban J connectivity index is 2.26. The van der Waals surface area contributed by atoms with E-state index in [0.717, 1.165) is 23.4 Å². The molecular weight excluding hydrogens is 202 g/mol. The van der Waals surface area contributed by atoms with Gasteiger partial charge in [-0.25, -0.2) is 0 Å². The quantitative estimate of drug-likeness (QED) is 0.758. The molecular formula is C10H10ClNO2. The summed E-state index contributed by atoms with van der Waals surface area (Å²) in [5.41, 5.74) is 1.87. The predicted molar refractivity (Wildman–Crippen MR) is 55.0 cm³/mol. The van der Waals surface area contributed by atoms with Crippen molar-refractivity contribution in [3.05, 3.63) is 23.8 Å². The number of nitrogens with one attached hydrogen (secondary N) is 1. The highest BCUT2D eigenvalue weighted by molar-refractivity contribution is 6.29. The number of hydrogen-bond donors (Lipinski definition) is 1. The third kappa shape index (κ3) is 1.68. The van der Waals surface area contributed by atoms with Crippen molar-refractivity contribution in [1.29, 1.82) is 0 Å². The molecule has 74 valence electrons. The number of fused-ring (bicyclic) bond motifs is 1. The summed E-state index contributed by atoms with van der Waals surface area (Å²) in [6.45, 7) is 0.684. The molecule has 0 atom stereocenters. The van der Waals surface area contributed by atoms with E-state index in [4.69, 9.17) is 16.3 Å². The van der Waals surface area contributed by atoms with Crippen LogP contribution in [0.2, 0.25) is 0 Å². The molecule has 0 unspecified atom stereocenters. The van der Waals surface area contributed by atoms with Crippen LogP contribution in [-0.4, -0.2) is 18.4 Å². The van der Waals surface area contributed by atoms with E-state index in [9.17, 15) is 4.79 Å². The molecule has 1 heterocycles. The van der Waals surface area contributed by atoms with Gasteiger partial charge in [-0.3, -0.25) is 4.79 Å². The Morgan fingerprint density at radius 3 is 3.21 bits per heavy atom. The van der Waals surface area contributed by atoms with Gasteiger partial charge in [0.05, 0.1) is 6.61 Å². The number of anilines is 1. The molecule has 0 saturated carbocycles. The van der Waals surface area contributed by atoms with Crippen LogP contribution in [0, 0.1) is 0 Å². The summed E-state index contributed by atoms with van der Waals surface area (Å²) in [6, 6.07) is 5.62. The van der Waals surface area contributed by atoms with Crippen LogP contribution >= 0.6 is 11.6 Å². The highest BCUT2D eigenvalue weighted by Gasteiger charge is 2.16. The molecule has 14 heavy (non-hydrogen) atoms. The first-order chi connectivity index (χ1) is 6.81. The smallest absolute Gasteiger partial charge is 0.239 e. The molecule has 0 aromatic heterocycles. The molecule has 1 aliphatic rings. The van der Waals surface area contributed by atoms with Crippen LogP contribution in [0.5, 0.6) is 5.75 Å². The van der Waals surface area contributed by atoms with Crippen molar-refractivity contribution in [3.63, 3.8) is 0 Å². The highest BCUT2D eigenvalue weighted by atomic mass is 35.5. The molecule has 1 amide bonds. The van der Waals surface area contributed by atoms with Crippen LogP contribution in [0.1, 0.15) is 5.56 Å². The first kappa shape index (κ1) is 9.34. The van der Waals surface area contributed by atoms with Crippen molar-refractivity contribution in [2.45, 2.75) is 6.42 Å². The molecule has 1 N–H and O–H groups in total. The lowest BCUT2D eigenvalue weighted by Gasteiger charge is -2.07. The van der Waals surface area contributed by atoms with E-state index >= 15 is 0 Å². The number of rotatable bonds is 2. The summed E-state index contributed by atoms with van der Waals surface area (Å²) in [5, 5.41) is 2.74. The van der Waals surface area contributed by atoms with Gasteiger partial charge in [0.15, 0.2) is 0 Å². The summed E-state index contributed by atoms with van der Waals surface area (Å²) in [7, 11) is 0. The molecule has 0 bridgehead atoms. The van der Waals surface area contributed by atoms with Gasteiger partial charge in [0.2, 0.25) is 5.91 Å². The van der Waals surface area contributed by atoms with Gasteiger partial charge in [0.1, 0.15) is 11.6 Å². The zero-order valence-corrected chi connectivity index (χ0v) is 8.30. The van der Waals surface area contributed by atoms with E-state index in [0.29, 0.717) is 6.61 Å². The van der Waals surface area contributed by atoms with E-state index in [1.54, 1.807) is 0 Å². The number of carbonyl (C=O) groups excluding carboxylic acids is 1. The summed E-state index contributed by atoms with van der Waals surface area (Å²) >= 11 is 5.41. The minimum atomic E-state index is -0.188. The predicted octanol–water partition coefficient (Wildman–Crippen LogP) is 1.80. The Kier molecular flexibility index (Phi) is 2.59. The van der Waals surface area contributed by atoms with Crippen molar-refractivity contribution in [3.8, 4) is 5.75 Å². The summed E-state index contributed by atoms with van der Waals surface area (Å²) < 4.78 is 5.37. The third-order valence-corrected chi connectivity index (χ3v) is 2.38.